The smallest absolute Gasteiger partial charge is 0.328 e. The van der Waals surface area contributed by atoms with Gasteiger partial charge in [0.15, 0.2) is 6.04 Å². The summed E-state index contributed by atoms with van der Waals surface area (Å²) in [5.74, 6) is -1.11. The van der Waals surface area contributed by atoms with Crippen molar-refractivity contribution in [1.82, 2.24) is 5.32 Å². The maximum Gasteiger partial charge on any atom is 0.328 e. The molecule has 0 aromatic heterocycles. The Hall–Kier alpha value is -2.08. The number of urea groups is 1. The van der Waals surface area contributed by atoms with Crippen molar-refractivity contribution in [2.45, 2.75) is 12.5 Å². The molecule has 6 heteroatoms. The number of ether oxygens (including phenoxy) is 1. The third kappa shape index (κ3) is 2.85. The Labute approximate surface area is 111 Å². The summed E-state index contributed by atoms with van der Waals surface area (Å²) >= 11 is 0. The molecule has 1 aliphatic heterocycles. The molecule has 102 valence electrons. The summed E-state index contributed by atoms with van der Waals surface area (Å²) in [5, 5.41) is 11.4. The van der Waals surface area contributed by atoms with Gasteiger partial charge in [0.05, 0.1) is 6.61 Å². The SMILES string of the molecule is COCC(NC(=O)N1CCc2ccccc21)C(=O)O. The molecule has 0 radical (unpaired) electrons. The van der Waals surface area contributed by atoms with Crippen LogP contribution in [0.25, 0.3) is 0 Å². The number of rotatable bonds is 4. The predicted octanol–water partition coefficient (Wildman–Crippen LogP) is 0.858. The lowest BCUT2D eigenvalue weighted by molar-refractivity contribution is -0.140. The number of hydrogen-bond acceptors (Lipinski definition) is 3. The first-order valence-electron chi connectivity index (χ1n) is 6.01. The fourth-order valence-electron chi connectivity index (χ4n) is 2.12. The number of nitrogens with zero attached hydrogens (tertiary/aromatic N) is 1. The number of aliphatic carboxylic acids is 1. The van der Waals surface area contributed by atoms with Crippen molar-refractivity contribution < 1.29 is 19.4 Å². The zero-order valence-electron chi connectivity index (χ0n) is 10.6. The van der Waals surface area contributed by atoms with Crippen molar-refractivity contribution in [2.24, 2.45) is 0 Å². The number of fused-ring (bicyclic) bond motifs is 1. The van der Waals surface area contributed by atoms with Crippen LogP contribution in [0.15, 0.2) is 24.3 Å². The Morgan fingerprint density at radius 3 is 2.89 bits per heavy atom. The van der Waals surface area contributed by atoms with Crippen LogP contribution in [0.1, 0.15) is 5.56 Å². The van der Waals surface area contributed by atoms with Crippen LogP contribution in [0.2, 0.25) is 0 Å². The molecule has 0 saturated heterocycles. The van der Waals surface area contributed by atoms with Crippen molar-refractivity contribution in [3.8, 4) is 0 Å². The van der Waals surface area contributed by atoms with Gasteiger partial charge >= 0.3 is 12.0 Å². The average molecular weight is 264 g/mol. The van der Waals surface area contributed by atoms with E-state index in [-0.39, 0.29) is 6.61 Å². The van der Waals surface area contributed by atoms with E-state index in [2.05, 4.69) is 5.32 Å². The lowest BCUT2D eigenvalue weighted by atomic mass is 10.2. The van der Waals surface area contributed by atoms with Crippen molar-refractivity contribution in [1.29, 1.82) is 0 Å². The standard InChI is InChI=1S/C13H16N2O4/c1-19-8-10(12(16)17)14-13(18)15-7-6-9-4-2-3-5-11(9)15/h2-5,10H,6-8H2,1H3,(H,14,18)(H,16,17). The van der Waals surface area contributed by atoms with Gasteiger partial charge in [-0.15, -0.1) is 0 Å². The minimum atomic E-state index is -1.11. The maximum absolute atomic E-state index is 12.1. The molecule has 0 bridgehead atoms. The third-order valence-corrected chi connectivity index (χ3v) is 3.06. The van der Waals surface area contributed by atoms with Gasteiger partial charge in [-0.2, -0.15) is 0 Å². The Bertz CT molecular complexity index is 489. The zero-order valence-corrected chi connectivity index (χ0v) is 10.6. The second kappa shape index (κ2) is 5.71. The first kappa shape index (κ1) is 13.4. The van der Waals surface area contributed by atoms with E-state index in [4.69, 9.17) is 9.84 Å². The molecule has 0 saturated carbocycles. The number of benzene rings is 1. The highest BCUT2D eigenvalue weighted by atomic mass is 16.5. The van der Waals surface area contributed by atoms with Crippen LogP contribution in [0.4, 0.5) is 10.5 Å². The molecule has 0 aliphatic carbocycles. The van der Waals surface area contributed by atoms with Crippen LogP contribution < -0.4 is 10.2 Å². The molecular weight excluding hydrogens is 248 g/mol. The third-order valence-electron chi connectivity index (χ3n) is 3.06. The van der Waals surface area contributed by atoms with Gasteiger partial charge in [0.2, 0.25) is 0 Å². The summed E-state index contributed by atoms with van der Waals surface area (Å²) in [6, 6.07) is 6.15. The quantitative estimate of drug-likeness (QED) is 0.845. The van der Waals surface area contributed by atoms with Crippen LogP contribution in [0.3, 0.4) is 0 Å². The minimum absolute atomic E-state index is 0.0590. The van der Waals surface area contributed by atoms with Crippen molar-refractivity contribution in [3.63, 3.8) is 0 Å². The molecule has 19 heavy (non-hydrogen) atoms. The molecule has 1 aliphatic rings. The second-order valence-corrected chi connectivity index (χ2v) is 4.33. The molecule has 0 fully saturated rings. The van der Waals surface area contributed by atoms with Gasteiger partial charge in [-0.25, -0.2) is 9.59 Å². The van der Waals surface area contributed by atoms with Gasteiger partial charge in [0.25, 0.3) is 0 Å². The number of para-hydroxylation sites is 1. The van der Waals surface area contributed by atoms with E-state index in [1.807, 2.05) is 24.3 Å². The van der Waals surface area contributed by atoms with Gasteiger partial charge in [-0.1, -0.05) is 18.2 Å². The highest BCUT2D eigenvalue weighted by Gasteiger charge is 2.27. The van der Waals surface area contributed by atoms with Crippen LogP contribution in [-0.4, -0.2) is 43.4 Å². The van der Waals surface area contributed by atoms with E-state index in [0.29, 0.717) is 6.54 Å². The Balaban J connectivity index is 2.07. The topological polar surface area (TPSA) is 78.9 Å². The summed E-state index contributed by atoms with van der Waals surface area (Å²) in [6.07, 6.45) is 0.783. The summed E-state index contributed by atoms with van der Waals surface area (Å²) < 4.78 is 4.78. The van der Waals surface area contributed by atoms with Crippen LogP contribution in [0, 0.1) is 0 Å². The van der Waals surface area contributed by atoms with Gasteiger partial charge in [0, 0.05) is 19.3 Å². The van der Waals surface area contributed by atoms with Gasteiger partial charge in [-0.05, 0) is 18.1 Å². The van der Waals surface area contributed by atoms with Gasteiger partial charge in [0.1, 0.15) is 0 Å². The fraction of sp³-hybridized carbons (Fsp3) is 0.385. The average Bonchev–Trinajstić information content (AvgIpc) is 2.81. The predicted molar refractivity (Wildman–Crippen MR) is 69.3 cm³/mol. The minimum Gasteiger partial charge on any atom is -0.480 e. The van der Waals surface area contributed by atoms with Gasteiger partial charge in [-0.3, -0.25) is 4.90 Å². The molecule has 1 atom stereocenters. The summed E-state index contributed by atoms with van der Waals surface area (Å²) in [7, 11) is 1.40. The first-order valence-corrected chi connectivity index (χ1v) is 6.01. The normalized spacial score (nSPS) is 14.9. The van der Waals surface area contributed by atoms with E-state index in [1.165, 1.54) is 7.11 Å². The Morgan fingerprint density at radius 2 is 2.21 bits per heavy atom. The van der Waals surface area contributed by atoms with Crippen molar-refractivity contribution in [2.75, 3.05) is 25.2 Å². The maximum atomic E-state index is 12.1. The fourth-order valence-corrected chi connectivity index (χ4v) is 2.12. The largest absolute Gasteiger partial charge is 0.480 e. The number of methoxy groups -OCH3 is 1. The Kier molecular flexibility index (Phi) is 4.01. The lowest BCUT2D eigenvalue weighted by Crippen LogP contribution is -2.49. The van der Waals surface area contributed by atoms with Crippen molar-refractivity contribution in [3.05, 3.63) is 29.8 Å². The van der Waals surface area contributed by atoms with E-state index < -0.39 is 18.0 Å². The summed E-state index contributed by atoms with van der Waals surface area (Å²) in [6.45, 7) is 0.501. The van der Waals surface area contributed by atoms with Gasteiger partial charge < -0.3 is 15.2 Å². The molecule has 0 spiro atoms. The highest BCUT2D eigenvalue weighted by molar-refractivity contribution is 5.96. The van der Waals surface area contributed by atoms with Crippen molar-refractivity contribution >= 4 is 17.7 Å². The van der Waals surface area contributed by atoms with Crippen LogP contribution in [-0.2, 0) is 16.0 Å². The van der Waals surface area contributed by atoms with E-state index >= 15 is 0 Å². The molecular formula is C13H16N2O4. The lowest BCUT2D eigenvalue weighted by Gasteiger charge is -2.21. The zero-order chi connectivity index (χ0) is 13.8. The summed E-state index contributed by atoms with van der Waals surface area (Å²) in [5.41, 5.74) is 1.93. The van der Waals surface area contributed by atoms with E-state index in [1.54, 1.807) is 4.90 Å². The molecule has 1 heterocycles. The highest BCUT2D eigenvalue weighted by Crippen LogP contribution is 2.27. The number of carbonyl (C=O) groups excluding carboxylic acids is 1. The first-order chi connectivity index (χ1) is 9.13. The Morgan fingerprint density at radius 1 is 1.47 bits per heavy atom. The molecule has 2 rings (SSSR count). The van der Waals surface area contributed by atoms with Crippen LogP contribution in [0.5, 0.6) is 0 Å². The van der Waals surface area contributed by atoms with Crippen LogP contribution >= 0.6 is 0 Å². The molecule has 1 unspecified atom stereocenters. The molecule has 6 nitrogen and oxygen atoms in total. The molecule has 2 N–H and O–H groups in total. The monoisotopic (exact) mass is 264 g/mol. The second-order valence-electron chi connectivity index (χ2n) is 4.33. The number of carbonyl (C=O) groups is 2. The number of anilines is 1. The van der Waals surface area contributed by atoms with E-state index in [0.717, 1.165) is 17.7 Å². The summed E-state index contributed by atoms with van der Waals surface area (Å²) in [4.78, 5) is 24.6. The number of nitrogens with one attached hydrogen (secondary N) is 1. The number of carboxylic acids is 1. The number of amides is 2. The van der Waals surface area contributed by atoms with E-state index in [9.17, 15) is 9.59 Å². The molecule has 1 aromatic rings. The number of carboxylic acid groups (broad SMARTS) is 1. The molecule has 1 aromatic carbocycles. The molecule has 2 amide bonds. The number of hydrogen-bond donors (Lipinski definition) is 2.